The molecule has 0 aliphatic carbocycles. The van der Waals surface area contributed by atoms with Crippen LogP contribution in [0, 0.1) is 0 Å². The molecule has 0 heterocycles. The number of hydrogen-bond acceptors (Lipinski definition) is 3. The largest absolute Gasteiger partial charge is 0.485 e. The van der Waals surface area contributed by atoms with Gasteiger partial charge in [-0.25, -0.2) is 0 Å². The van der Waals surface area contributed by atoms with E-state index in [1.54, 1.807) is 24.3 Å². The summed E-state index contributed by atoms with van der Waals surface area (Å²) in [4.78, 5) is 25.1. The zero-order chi connectivity index (χ0) is 22.4. The Morgan fingerprint density at radius 1 is 0.903 bits per heavy atom. The van der Waals surface area contributed by atoms with E-state index in [0.29, 0.717) is 17.0 Å². The molecule has 0 fully saturated rings. The summed E-state index contributed by atoms with van der Waals surface area (Å²) in [5.74, 6) is 0.0465. The number of benzene rings is 3. The Hall–Kier alpha value is -2.92. The van der Waals surface area contributed by atoms with Gasteiger partial charge in [-0.05, 0) is 52.9 Å². The van der Waals surface area contributed by atoms with Crippen LogP contribution in [0.4, 0.5) is 5.69 Å². The number of carbonyl (C=O) groups excluding carboxylic acids is 2. The van der Waals surface area contributed by atoms with Crippen LogP contribution >= 0.6 is 15.9 Å². The first kappa shape index (κ1) is 22.8. The van der Waals surface area contributed by atoms with Crippen molar-refractivity contribution in [2.24, 2.45) is 0 Å². The fourth-order valence-corrected chi connectivity index (χ4v) is 3.34. The summed E-state index contributed by atoms with van der Waals surface area (Å²) in [5.41, 5.74) is 3.25. The fraction of sp³-hybridized carbons (Fsp3) is 0.231. The van der Waals surface area contributed by atoms with Crippen LogP contribution in [0.2, 0.25) is 0 Å². The number of anilines is 1. The molecule has 0 atom stereocenters. The van der Waals surface area contributed by atoms with Gasteiger partial charge in [0.25, 0.3) is 5.91 Å². The topological polar surface area (TPSA) is 55.4 Å². The smallest absolute Gasteiger partial charge is 0.259 e. The van der Waals surface area contributed by atoms with Crippen LogP contribution in [0.5, 0.6) is 5.75 Å². The first-order chi connectivity index (χ1) is 14.7. The molecule has 0 unspecified atom stereocenters. The lowest BCUT2D eigenvalue weighted by atomic mass is 9.87. The van der Waals surface area contributed by atoms with Gasteiger partial charge in [-0.1, -0.05) is 73.1 Å². The molecule has 160 valence electrons. The van der Waals surface area contributed by atoms with Crippen LogP contribution in [0.1, 0.15) is 42.3 Å². The van der Waals surface area contributed by atoms with E-state index in [0.717, 1.165) is 10.0 Å². The molecule has 3 rings (SSSR count). The van der Waals surface area contributed by atoms with Crippen molar-refractivity contribution in [1.29, 1.82) is 0 Å². The van der Waals surface area contributed by atoms with Crippen LogP contribution in [0.3, 0.4) is 0 Å². The van der Waals surface area contributed by atoms with Gasteiger partial charge in [-0.15, -0.1) is 0 Å². The van der Waals surface area contributed by atoms with E-state index < -0.39 is 0 Å². The van der Waals surface area contributed by atoms with E-state index in [2.05, 4.69) is 42.0 Å². The number of Topliss-reactive ketones (excluding diaryl/α,β-unsaturated/α-hetero) is 1. The van der Waals surface area contributed by atoms with Gasteiger partial charge in [0.2, 0.25) is 0 Å². The molecule has 0 spiro atoms. The summed E-state index contributed by atoms with van der Waals surface area (Å²) < 4.78 is 6.66. The van der Waals surface area contributed by atoms with Gasteiger partial charge in [0.15, 0.2) is 5.78 Å². The number of ether oxygens (including phenoxy) is 1. The van der Waals surface area contributed by atoms with Crippen LogP contribution in [0.25, 0.3) is 0 Å². The second kappa shape index (κ2) is 9.92. The van der Waals surface area contributed by atoms with Crippen molar-refractivity contribution in [3.63, 3.8) is 0 Å². The van der Waals surface area contributed by atoms with Crippen LogP contribution in [-0.4, -0.2) is 18.3 Å². The Morgan fingerprint density at radius 2 is 1.55 bits per heavy atom. The third kappa shape index (κ3) is 6.53. The minimum Gasteiger partial charge on any atom is -0.485 e. The molecule has 0 radical (unpaired) electrons. The summed E-state index contributed by atoms with van der Waals surface area (Å²) >= 11 is 3.38. The van der Waals surface area contributed by atoms with Crippen molar-refractivity contribution < 1.29 is 14.3 Å². The molecule has 0 aliphatic rings. The average molecular weight is 480 g/mol. The highest BCUT2D eigenvalue weighted by Crippen LogP contribution is 2.25. The van der Waals surface area contributed by atoms with Crippen molar-refractivity contribution in [3.05, 3.63) is 94.0 Å². The number of ketones is 1. The lowest BCUT2D eigenvalue weighted by Gasteiger charge is -2.19. The second-order valence-corrected chi connectivity index (χ2v) is 9.32. The first-order valence-electron chi connectivity index (χ1n) is 10.1. The van der Waals surface area contributed by atoms with Gasteiger partial charge in [0.1, 0.15) is 12.4 Å². The third-order valence-electron chi connectivity index (χ3n) is 4.84. The molecular formula is C26H26BrNO3. The number of para-hydroxylation sites is 1. The van der Waals surface area contributed by atoms with Crippen molar-refractivity contribution in [3.8, 4) is 5.75 Å². The second-order valence-electron chi connectivity index (χ2n) is 8.41. The highest BCUT2D eigenvalue weighted by molar-refractivity contribution is 9.10. The van der Waals surface area contributed by atoms with Gasteiger partial charge >= 0.3 is 0 Å². The maximum atomic E-state index is 12.8. The molecule has 3 aromatic carbocycles. The monoisotopic (exact) mass is 479 g/mol. The van der Waals surface area contributed by atoms with Gasteiger partial charge in [0, 0.05) is 16.6 Å². The first-order valence-corrected chi connectivity index (χ1v) is 10.9. The predicted molar refractivity (Wildman–Crippen MR) is 128 cm³/mol. The Kier molecular flexibility index (Phi) is 7.29. The number of nitrogens with one attached hydrogen (secondary N) is 1. The van der Waals surface area contributed by atoms with Crippen molar-refractivity contribution in [2.45, 2.75) is 32.6 Å². The van der Waals surface area contributed by atoms with Crippen molar-refractivity contribution in [2.75, 3.05) is 11.9 Å². The third-order valence-corrected chi connectivity index (χ3v) is 5.37. The molecule has 1 N–H and O–H groups in total. The quantitative estimate of drug-likeness (QED) is 0.439. The van der Waals surface area contributed by atoms with Crippen molar-refractivity contribution in [1.82, 2.24) is 0 Å². The van der Waals surface area contributed by atoms with Crippen LogP contribution in [0.15, 0.2) is 77.3 Å². The zero-order valence-corrected chi connectivity index (χ0v) is 19.5. The van der Waals surface area contributed by atoms with E-state index in [9.17, 15) is 9.59 Å². The number of carbonyl (C=O) groups is 2. The number of hydrogen-bond donors (Lipinski definition) is 1. The Labute approximate surface area is 191 Å². The van der Waals surface area contributed by atoms with E-state index >= 15 is 0 Å². The summed E-state index contributed by atoms with van der Waals surface area (Å²) in [6, 6.07) is 22.3. The highest BCUT2D eigenvalue weighted by atomic mass is 79.9. The molecule has 3 aromatic rings. The normalized spacial score (nSPS) is 11.1. The molecule has 0 bridgehead atoms. The van der Waals surface area contributed by atoms with Crippen LogP contribution in [-0.2, 0) is 16.6 Å². The highest BCUT2D eigenvalue weighted by Gasteiger charge is 2.16. The fourth-order valence-electron chi connectivity index (χ4n) is 3.07. The Bertz CT molecular complexity index is 1050. The lowest BCUT2D eigenvalue weighted by molar-refractivity contribution is -0.120. The maximum Gasteiger partial charge on any atom is 0.259 e. The van der Waals surface area contributed by atoms with Gasteiger partial charge < -0.3 is 10.1 Å². The predicted octanol–water partition coefficient (Wildman–Crippen LogP) is 6.19. The molecule has 31 heavy (non-hydrogen) atoms. The molecule has 4 nitrogen and oxygen atoms in total. The minimum absolute atomic E-state index is 0.0474. The van der Waals surface area contributed by atoms with Gasteiger partial charge in [-0.3, -0.25) is 9.59 Å². The number of amides is 1. The van der Waals surface area contributed by atoms with Gasteiger partial charge in [0.05, 0.1) is 5.56 Å². The summed E-state index contributed by atoms with van der Waals surface area (Å²) in [7, 11) is 0. The minimum atomic E-state index is -0.278. The van der Waals surface area contributed by atoms with Crippen molar-refractivity contribution >= 4 is 33.3 Å². The van der Waals surface area contributed by atoms with Gasteiger partial charge in [-0.2, -0.15) is 0 Å². The molecule has 1 amide bonds. The summed E-state index contributed by atoms with van der Waals surface area (Å²) in [5, 5.41) is 2.90. The maximum absolute atomic E-state index is 12.8. The Balaban J connectivity index is 1.63. The zero-order valence-electron chi connectivity index (χ0n) is 17.9. The molecule has 0 aliphatic heterocycles. The average Bonchev–Trinajstić information content (AvgIpc) is 2.74. The van der Waals surface area contributed by atoms with E-state index in [1.165, 1.54) is 5.56 Å². The molecule has 5 heteroatoms. The van der Waals surface area contributed by atoms with E-state index in [-0.39, 0.29) is 30.1 Å². The molecule has 0 saturated carbocycles. The standard InChI is InChI=1S/C26H26BrNO3/c1-26(2,3)19-10-14-21(15-11-19)28-25(30)23-6-4-5-7-24(23)31-17-22(29)16-18-8-12-20(27)13-9-18/h4-15H,16-17H2,1-3H3,(H,28,30). The lowest BCUT2D eigenvalue weighted by Crippen LogP contribution is -2.17. The number of halogens is 1. The van der Waals surface area contributed by atoms with E-state index in [4.69, 9.17) is 4.74 Å². The molecular weight excluding hydrogens is 454 g/mol. The molecule has 0 saturated heterocycles. The summed E-state index contributed by atoms with van der Waals surface area (Å²) in [6.45, 7) is 6.34. The molecule has 0 aromatic heterocycles. The Morgan fingerprint density at radius 3 is 2.19 bits per heavy atom. The van der Waals surface area contributed by atoms with Crippen LogP contribution < -0.4 is 10.1 Å². The van der Waals surface area contributed by atoms with E-state index in [1.807, 2.05) is 48.5 Å². The SMILES string of the molecule is CC(C)(C)c1ccc(NC(=O)c2ccccc2OCC(=O)Cc2ccc(Br)cc2)cc1. The summed E-state index contributed by atoms with van der Waals surface area (Å²) in [6.07, 6.45) is 0.280. The number of rotatable bonds is 7.